The first-order valence-electron chi connectivity index (χ1n) is 15.3. The highest BCUT2D eigenvalue weighted by Crippen LogP contribution is 2.56. The fraction of sp³-hybridized carbons (Fsp3) is 0.146. The summed E-state index contributed by atoms with van der Waals surface area (Å²) in [6.45, 7) is 9.60. The van der Waals surface area contributed by atoms with Crippen LogP contribution >= 0.6 is 0 Å². The molecule has 0 unspecified atom stereocenters. The quantitative estimate of drug-likeness (QED) is 0.199. The van der Waals surface area contributed by atoms with Crippen LogP contribution in [-0.2, 0) is 10.8 Å². The predicted octanol–water partition coefficient (Wildman–Crippen LogP) is 10.4. The number of benzene rings is 6. The lowest BCUT2D eigenvalue weighted by molar-refractivity contribution is 0.301. The fourth-order valence-electron chi connectivity index (χ4n) is 7.09. The largest absolute Gasteiger partial charge is 0.208 e. The summed E-state index contributed by atoms with van der Waals surface area (Å²) in [5, 5.41) is 4.88. The third kappa shape index (κ3) is 3.85. The summed E-state index contributed by atoms with van der Waals surface area (Å²) in [6, 6.07) is 44.9. The van der Waals surface area contributed by atoms with Gasteiger partial charge in [-0.25, -0.2) is 15.0 Å². The van der Waals surface area contributed by atoms with Gasteiger partial charge in [-0.3, -0.25) is 0 Å². The number of fused-ring (bicyclic) bond motifs is 7. The summed E-state index contributed by atoms with van der Waals surface area (Å²) in [6.07, 6.45) is 0. The Hall–Kier alpha value is -5.15. The molecule has 212 valence electrons. The van der Waals surface area contributed by atoms with E-state index in [2.05, 4.69) is 119 Å². The van der Waals surface area contributed by atoms with Crippen molar-refractivity contribution in [2.45, 2.75) is 38.5 Å². The van der Waals surface area contributed by atoms with E-state index in [9.17, 15) is 0 Å². The molecule has 6 aromatic carbocycles. The van der Waals surface area contributed by atoms with Crippen molar-refractivity contribution in [1.82, 2.24) is 15.0 Å². The Kier molecular flexibility index (Phi) is 5.83. The van der Waals surface area contributed by atoms with E-state index >= 15 is 0 Å². The van der Waals surface area contributed by atoms with E-state index in [1.165, 1.54) is 38.4 Å². The van der Waals surface area contributed by atoms with Crippen LogP contribution in [0, 0.1) is 0 Å². The van der Waals surface area contributed by atoms with Crippen LogP contribution in [-0.4, -0.2) is 15.0 Å². The first kappa shape index (κ1) is 26.5. The molecule has 1 aliphatic carbocycles. The van der Waals surface area contributed by atoms with Crippen molar-refractivity contribution < 1.29 is 0 Å². The lowest BCUT2D eigenvalue weighted by atomic mass is 9.54. The van der Waals surface area contributed by atoms with E-state index < -0.39 is 0 Å². The van der Waals surface area contributed by atoms with Gasteiger partial charge in [-0.15, -0.1) is 0 Å². The molecule has 0 bridgehead atoms. The number of aromatic nitrogens is 3. The van der Waals surface area contributed by atoms with Gasteiger partial charge in [-0.2, -0.15) is 0 Å². The summed E-state index contributed by atoms with van der Waals surface area (Å²) in [4.78, 5) is 15.3. The molecular weight excluding hydrogens is 534 g/mol. The molecule has 0 aliphatic heterocycles. The number of hydrogen-bond donors (Lipinski definition) is 0. The first-order chi connectivity index (χ1) is 21.3. The van der Waals surface area contributed by atoms with Gasteiger partial charge in [0.1, 0.15) is 0 Å². The van der Waals surface area contributed by atoms with Gasteiger partial charge in [0.05, 0.1) is 0 Å². The summed E-state index contributed by atoms with van der Waals surface area (Å²) in [7, 11) is 0. The minimum absolute atomic E-state index is 0.0872. The Balaban J connectivity index is 1.50. The van der Waals surface area contributed by atoms with Gasteiger partial charge in [0.15, 0.2) is 17.5 Å². The van der Waals surface area contributed by atoms with E-state index in [0.717, 1.165) is 22.1 Å². The molecule has 1 aliphatic rings. The first-order valence-corrected chi connectivity index (χ1v) is 15.3. The molecule has 1 heterocycles. The average Bonchev–Trinajstić information content (AvgIpc) is 3.07. The van der Waals surface area contributed by atoms with Gasteiger partial charge < -0.3 is 0 Å². The molecule has 0 atom stereocenters. The maximum atomic E-state index is 5.15. The molecule has 0 radical (unpaired) electrons. The van der Waals surface area contributed by atoms with Gasteiger partial charge in [0.25, 0.3) is 0 Å². The van der Waals surface area contributed by atoms with Crippen LogP contribution in [0.1, 0.15) is 38.8 Å². The van der Waals surface area contributed by atoms with E-state index in [0.29, 0.717) is 17.5 Å². The maximum Gasteiger partial charge on any atom is 0.164 e. The zero-order chi connectivity index (χ0) is 30.1. The second-order valence-corrected chi connectivity index (χ2v) is 12.9. The zero-order valence-corrected chi connectivity index (χ0v) is 25.5. The maximum absolute atomic E-state index is 5.15. The standard InChI is InChI=1S/C41H33N3/c1-40(2)34-22-14-13-21-30(34)32-24-23-31-33(25-28-19-11-12-20-29(28)35(31)36(32)41(40,3)4)39-43-37(26-15-7-5-8-16-26)42-38(44-39)27-17-9-6-10-18-27/h5-25H,1-4H3. The zero-order valence-electron chi connectivity index (χ0n) is 25.5. The summed E-state index contributed by atoms with van der Waals surface area (Å²) >= 11 is 0. The van der Waals surface area contributed by atoms with Crippen LogP contribution < -0.4 is 0 Å². The summed E-state index contributed by atoms with van der Waals surface area (Å²) in [5.41, 5.74) is 8.13. The molecule has 0 N–H and O–H groups in total. The Bertz CT molecular complexity index is 2160. The second kappa shape index (κ2) is 9.68. The smallest absolute Gasteiger partial charge is 0.164 e. The highest BCUT2D eigenvalue weighted by atomic mass is 15.0. The van der Waals surface area contributed by atoms with Crippen LogP contribution in [0.5, 0.6) is 0 Å². The molecule has 8 rings (SSSR count). The number of rotatable bonds is 3. The topological polar surface area (TPSA) is 38.7 Å². The van der Waals surface area contributed by atoms with E-state index in [1.54, 1.807) is 0 Å². The van der Waals surface area contributed by atoms with E-state index in [4.69, 9.17) is 15.0 Å². The van der Waals surface area contributed by atoms with Gasteiger partial charge >= 0.3 is 0 Å². The fourth-order valence-corrected chi connectivity index (χ4v) is 7.09. The summed E-state index contributed by atoms with van der Waals surface area (Å²) < 4.78 is 0. The minimum atomic E-state index is -0.152. The molecule has 44 heavy (non-hydrogen) atoms. The van der Waals surface area contributed by atoms with E-state index in [-0.39, 0.29) is 10.8 Å². The van der Waals surface area contributed by atoms with Crippen molar-refractivity contribution in [2.75, 3.05) is 0 Å². The molecule has 0 saturated heterocycles. The van der Waals surface area contributed by atoms with Crippen molar-refractivity contribution in [1.29, 1.82) is 0 Å². The lowest BCUT2D eigenvalue weighted by Gasteiger charge is -2.49. The van der Waals surface area contributed by atoms with Gasteiger partial charge in [-0.05, 0) is 55.3 Å². The molecule has 3 heteroatoms. The second-order valence-electron chi connectivity index (χ2n) is 12.9. The van der Waals surface area contributed by atoms with Crippen LogP contribution in [0.15, 0.2) is 127 Å². The Morgan fingerprint density at radius 1 is 0.432 bits per heavy atom. The average molecular weight is 568 g/mol. The van der Waals surface area contributed by atoms with Crippen LogP contribution in [0.25, 0.3) is 66.8 Å². The van der Waals surface area contributed by atoms with Gasteiger partial charge in [-0.1, -0.05) is 149 Å². The predicted molar refractivity (Wildman–Crippen MR) is 183 cm³/mol. The lowest BCUT2D eigenvalue weighted by Crippen LogP contribution is -2.43. The number of hydrogen-bond acceptors (Lipinski definition) is 3. The van der Waals surface area contributed by atoms with Gasteiger partial charge in [0.2, 0.25) is 0 Å². The van der Waals surface area contributed by atoms with Gasteiger partial charge in [0, 0.05) is 22.1 Å². The molecular formula is C41H33N3. The summed E-state index contributed by atoms with van der Waals surface area (Å²) in [5.74, 6) is 2.02. The third-order valence-corrected chi connectivity index (χ3v) is 10.0. The minimum Gasteiger partial charge on any atom is -0.208 e. The molecule has 7 aromatic rings. The molecule has 3 nitrogen and oxygen atoms in total. The Morgan fingerprint density at radius 2 is 1.00 bits per heavy atom. The molecule has 1 aromatic heterocycles. The van der Waals surface area contributed by atoms with Crippen molar-refractivity contribution >= 4 is 21.5 Å². The molecule has 0 spiro atoms. The van der Waals surface area contributed by atoms with Crippen LogP contribution in [0.4, 0.5) is 0 Å². The Labute approximate surface area is 258 Å². The highest BCUT2D eigenvalue weighted by molar-refractivity contribution is 6.17. The van der Waals surface area contributed by atoms with E-state index in [1.807, 2.05) is 36.4 Å². The SMILES string of the molecule is CC1(C)c2ccccc2-c2ccc3c(-c4nc(-c5ccccc5)nc(-c5ccccc5)n4)cc4ccccc4c3c2C1(C)C. The van der Waals surface area contributed by atoms with Crippen molar-refractivity contribution in [2.24, 2.45) is 0 Å². The van der Waals surface area contributed by atoms with Crippen molar-refractivity contribution in [3.05, 3.63) is 139 Å². The van der Waals surface area contributed by atoms with Crippen molar-refractivity contribution in [3.8, 4) is 45.3 Å². The number of nitrogens with zero attached hydrogens (tertiary/aromatic N) is 3. The monoisotopic (exact) mass is 567 g/mol. The van der Waals surface area contributed by atoms with Crippen molar-refractivity contribution in [3.63, 3.8) is 0 Å². The highest BCUT2D eigenvalue weighted by Gasteiger charge is 2.46. The molecule has 0 amide bonds. The van der Waals surface area contributed by atoms with Crippen LogP contribution in [0.2, 0.25) is 0 Å². The molecule has 0 fully saturated rings. The Morgan fingerprint density at radius 3 is 1.68 bits per heavy atom. The molecule has 0 saturated carbocycles. The van der Waals surface area contributed by atoms with Crippen LogP contribution in [0.3, 0.4) is 0 Å². The third-order valence-electron chi connectivity index (χ3n) is 10.0. The normalized spacial score (nSPS) is 14.7.